The van der Waals surface area contributed by atoms with E-state index >= 15 is 0 Å². The molecule has 1 aromatic rings. The molecule has 2 aliphatic rings. The number of hydrogen-bond acceptors (Lipinski definition) is 4. The van der Waals surface area contributed by atoms with Crippen molar-refractivity contribution in [3.8, 4) is 0 Å². The fourth-order valence-corrected chi connectivity index (χ4v) is 6.73. The summed E-state index contributed by atoms with van der Waals surface area (Å²) in [7, 11) is -4.42. The van der Waals surface area contributed by atoms with E-state index < -0.39 is 10.4 Å². The summed E-state index contributed by atoms with van der Waals surface area (Å²) in [5.41, 5.74) is 3.21. The Kier molecular flexibility index (Phi) is 7.75. The van der Waals surface area contributed by atoms with Gasteiger partial charge in [-0.1, -0.05) is 32.4 Å². The summed E-state index contributed by atoms with van der Waals surface area (Å²) < 4.78 is 41.5. The topological polar surface area (TPSA) is 76.7 Å². The lowest BCUT2D eigenvalue weighted by Crippen LogP contribution is -2.49. The summed E-state index contributed by atoms with van der Waals surface area (Å²) in [5, 5.41) is 0. The van der Waals surface area contributed by atoms with Crippen molar-refractivity contribution in [2.24, 2.45) is 28.6 Å². The van der Waals surface area contributed by atoms with Gasteiger partial charge in [0.25, 0.3) is 0 Å². The van der Waals surface area contributed by atoms with Gasteiger partial charge in [-0.2, -0.15) is 8.42 Å². The molecule has 3 rings (SSSR count). The minimum atomic E-state index is -4.42. The number of allylic oxidation sites excluding steroid dienone is 2. The molecule has 1 saturated carbocycles. The van der Waals surface area contributed by atoms with E-state index in [9.17, 15) is 8.42 Å². The second-order valence-electron chi connectivity index (χ2n) is 10.5. The van der Waals surface area contributed by atoms with Crippen LogP contribution < -0.4 is 0 Å². The molecule has 2 aliphatic carbocycles. The van der Waals surface area contributed by atoms with E-state index in [-0.39, 0.29) is 23.4 Å². The minimum absolute atomic E-state index is 0.0511. The Morgan fingerprint density at radius 1 is 1.29 bits per heavy atom. The Balaban J connectivity index is 1.67. The van der Waals surface area contributed by atoms with Gasteiger partial charge in [0, 0.05) is 0 Å². The number of rotatable bonds is 10. The van der Waals surface area contributed by atoms with Crippen LogP contribution in [0.3, 0.4) is 0 Å². The first-order valence-corrected chi connectivity index (χ1v) is 13.2. The zero-order valence-corrected chi connectivity index (χ0v) is 20.4. The van der Waals surface area contributed by atoms with Crippen molar-refractivity contribution in [3.05, 3.63) is 35.8 Å². The summed E-state index contributed by atoms with van der Waals surface area (Å²) in [4.78, 5) is 0. The monoisotopic (exact) mass is 452 g/mol. The predicted octanol–water partition coefficient (Wildman–Crippen LogP) is 6.62. The smallest absolute Gasteiger partial charge is 0.397 e. The molecule has 1 heterocycles. The van der Waals surface area contributed by atoms with Crippen molar-refractivity contribution in [1.82, 2.24) is 0 Å². The van der Waals surface area contributed by atoms with Gasteiger partial charge in [-0.25, -0.2) is 4.18 Å². The highest BCUT2D eigenvalue weighted by Gasteiger charge is 2.52. The summed E-state index contributed by atoms with van der Waals surface area (Å²) in [6.45, 7) is 9.67. The summed E-state index contributed by atoms with van der Waals surface area (Å²) in [6.07, 6.45) is 15.5. The van der Waals surface area contributed by atoms with Crippen LogP contribution in [-0.2, 0) is 21.0 Å². The lowest BCUT2D eigenvalue weighted by Gasteiger charge is -2.58. The van der Waals surface area contributed by atoms with E-state index in [0.717, 1.165) is 44.1 Å². The van der Waals surface area contributed by atoms with Crippen molar-refractivity contribution in [3.63, 3.8) is 0 Å². The van der Waals surface area contributed by atoms with Gasteiger partial charge in [0.1, 0.15) is 0 Å². The van der Waals surface area contributed by atoms with Crippen molar-refractivity contribution in [2.45, 2.75) is 85.5 Å². The van der Waals surface area contributed by atoms with Crippen LogP contribution in [0.2, 0.25) is 0 Å². The van der Waals surface area contributed by atoms with Gasteiger partial charge in [-0.05, 0) is 105 Å². The maximum Gasteiger partial charge on any atom is 0.397 e. The van der Waals surface area contributed by atoms with Gasteiger partial charge < -0.3 is 4.42 Å². The highest BCUT2D eigenvalue weighted by atomic mass is 32.3. The highest BCUT2D eigenvalue weighted by molar-refractivity contribution is 7.80. The van der Waals surface area contributed by atoms with E-state index in [1.807, 2.05) is 6.07 Å². The minimum Gasteiger partial charge on any atom is -0.472 e. The van der Waals surface area contributed by atoms with E-state index in [4.69, 9.17) is 13.2 Å². The third kappa shape index (κ3) is 5.82. The maximum atomic E-state index is 11.2. The maximum absolute atomic E-state index is 11.2. The number of hydrogen-bond donors (Lipinski definition) is 1. The SMILES string of the molecule is CC1=CCC[C@@H]2C(C)(CCC(CCCc3ccoc3)COS(=O)(=O)O)[C@H](C)CC[C@]12C. The van der Waals surface area contributed by atoms with E-state index in [1.54, 1.807) is 18.1 Å². The molecule has 5 atom stereocenters. The Morgan fingerprint density at radius 3 is 2.74 bits per heavy atom. The van der Waals surface area contributed by atoms with E-state index in [0.29, 0.717) is 11.8 Å². The first-order valence-electron chi connectivity index (χ1n) is 11.8. The van der Waals surface area contributed by atoms with E-state index in [2.05, 4.69) is 33.8 Å². The van der Waals surface area contributed by atoms with Crippen molar-refractivity contribution in [1.29, 1.82) is 0 Å². The molecular formula is C25H40O5S. The third-order valence-corrected chi connectivity index (χ3v) is 9.23. The molecular weight excluding hydrogens is 412 g/mol. The zero-order valence-electron chi connectivity index (χ0n) is 19.6. The first-order chi connectivity index (χ1) is 14.5. The Labute approximate surface area is 188 Å². The molecule has 31 heavy (non-hydrogen) atoms. The lowest BCUT2D eigenvalue weighted by atomic mass is 9.47. The van der Waals surface area contributed by atoms with Gasteiger partial charge in [-0.15, -0.1) is 0 Å². The molecule has 0 aromatic carbocycles. The van der Waals surface area contributed by atoms with Crippen LogP contribution in [-0.4, -0.2) is 19.6 Å². The molecule has 0 aliphatic heterocycles. The van der Waals surface area contributed by atoms with E-state index in [1.165, 1.54) is 19.3 Å². The molecule has 1 N–H and O–H groups in total. The van der Waals surface area contributed by atoms with Gasteiger partial charge >= 0.3 is 10.4 Å². The second-order valence-corrected chi connectivity index (χ2v) is 11.6. The predicted molar refractivity (Wildman–Crippen MR) is 123 cm³/mol. The molecule has 6 heteroatoms. The molecule has 1 aromatic heterocycles. The largest absolute Gasteiger partial charge is 0.472 e. The standard InChI is InChI=1S/C25H40O5S/c1-19-7-5-10-23-24(19,3)14-11-20(2)25(23,4)15-12-21(18-30-31(26,27)28)8-6-9-22-13-16-29-17-22/h7,13,16-17,20-21,23H,5-6,8-12,14-15,18H2,1-4H3,(H,26,27,28)/t20-,21?,23+,24-,25?/m1/s1. The Hall–Kier alpha value is -1.11. The zero-order chi connectivity index (χ0) is 22.7. The van der Waals surface area contributed by atoms with Crippen LogP contribution in [0.25, 0.3) is 0 Å². The van der Waals surface area contributed by atoms with Crippen LogP contribution in [0.15, 0.2) is 34.7 Å². The molecule has 0 saturated heterocycles. The molecule has 2 unspecified atom stereocenters. The number of furan rings is 1. The summed E-state index contributed by atoms with van der Waals surface area (Å²) in [6, 6.07) is 1.97. The van der Waals surface area contributed by atoms with Crippen LogP contribution in [0.4, 0.5) is 0 Å². The van der Waals surface area contributed by atoms with Crippen molar-refractivity contribution < 1.29 is 21.6 Å². The third-order valence-electron chi connectivity index (χ3n) is 8.80. The second kappa shape index (κ2) is 9.80. The van der Waals surface area contributed by atoms with Crippen LogP contribution in [0.1, 0.15) is 84.6 Å². The molecule has 0 spiro atoms. The highest BCUT2D eigenvalue weighted by Crippen LogP contribution is 2.62. The first kappa shape index (κ1) is 24.5. The quantitative estimate of drug-likeness (QED) is 0.319. The summed E-state index contributed by atoms with van der Waals surface area (Å²) >= 11 is 0. The molecule has 0 amide bonds. The molecule has 1 fully saturated rings. The van der Waals surface area contributed by atoms with Crippen LogP contribution in [0.5, 0.6) is 0 Å². The fraction of sp³-hybridized carbons (Fsp3) is 0.760. The van der Waals surface area contributed by atoms with Crippen molar-refractivity contribution in [2.75, 3.05) is 6.61 Å². The molecule has 5 nitrogen and oxygen atoms in total. The average Bonchev–Trinajstić information content (AvgIpc) is 3.21. The Morgan fingerprint density at radius 2 is 2.06 bits per heavy atom. The van der Waals surface area contributed by atoms with Crippen LogP contribution >= 0.6 is 0 Å². The van der Waals surface area contributed by atoms with Gasteiger partial charge in [-0.3, -0.25) is 4.55 Å². The van der Waals surface area contributed by atoms with Crippen molar-refractivity contribution >= 4 is 10.4 Å². The normalized spacial score (nSPS) is 32.4. The van der Waals surface area contributed by atoms with Gasteiger partial charge in [0.15, 0.2) is 0 Å². The molecule has 0 bridgehead atoms. The molecule has 176 valence electrons. The Bertz CT molecular complexity index is 843. The fourth-order valence-electron chi connectivity index (χ4n) is 6.37. The number of fused-ring (bicyclic) bond motifs is 1. The average molecular weight is 453 g/mol. The lowest BCUT2D eigenvalue weighted by molar-refractivity contribution is -0.0514. The number of aryl methyl sites for hydroxylation is 1. The van der Waals surface area contributed by atoms with Gasteiger partial charge in [0.05, 0.1) is 19.1 Å². The van der Waals surface area contributed by atoms with Gasteiger partial charge in [0.2, 0.25) is 0 Å². The summed E-state index contributed by atoms with van der Waals surface area (Å²) in [5.74, 6) is 1.40. The molecule has 0 radical (unpaired) electrons. The van der Waals surface area contributed by atoms with Crippen LogP contribution in [0, 0.1) is 28.6 Å².